The summed E-state index contributed by atoms with van der Waals surface area (Å²) < 4.78 is 0. The Morgan fingerprint density at radius 3 is 0.946 bits per heavy atom. The fourth-order valence-electron chi connectivity index (χ4n) is 10.4. The summed E-state index contributed by atoms with van der Waals surface area (Å²) in [6.07, 6.45) is 13.1. The largest absolute Gasteiger partial charge is 0.478 e. The second-order valence-electron chi connectivity index (χ2n) is 21.6. The zero-order valence-corrected chi connectivity index (χ0v) is 54.2. The van der Waals surface area contributed by atoms with Crippen molar-refractivity contribution in [1.29, 1.82) is 0 Å². The van der Waals surface area contributed by atoms with Crippen molar-refractivity contribution in [2.24, 2.45) is 0 Å². The number of carboxylic acid groups (broad SMARTS) is 3. The molecule has 0 aromatic heterocycles. The van der Waals surface area contributed by atoms with Crippen molar-refractivity contribution in [2.75, 3.05) is 16.0 Å². The van der Waals surface area contributed by atoms with E-state index in [2.05, 4.69) is 16.0 Å². The molecule has 9 aromatic carbocycles. The highest BCUT2D eigenvalue weighted by Crippen LogP contribution is 2.29. The average molecular weight is 1330 g/mol. The number of unbranched alkanes of at least 4 members (excludes halogenated alkanes) is 6. The molecule has 6 N–H and O–H groups in total. The van der Waals surface area contributed by atoms with Crippen molar-refractivity contribution in [1.82, 2.24) is 0 Å². The summed E-state index contributed by atoms with van der Waals surface area (Å²) >= 11 is 30.1. The normalized spacial score (nSPS) is 10.6. The molecule has 92 heavy (non-hydrogen) atoms. The van der Waals surface area contributed by atoms with Gasteiger partial charge in [-0.25, -0.2) is 14.4 Å². The van der Waals surface area contributed by atoms with E-state index in [-0.39, 0.29) is 23.3 Å². The van der Waals surface area contributed by atoms with Crippen LogP contribution in [0.2, 0.25) is 25.1 Å². The van der Waals surface area contributed by atoms with Gasteiger partial charge < -0.3 is 31.3 Å². The minimum absolute atomic E-state index is 0.163. The third-order valence-corrected chi connectivity index (χ3v) is 16.8. The number of aromatic carboxylic acids is 3. The first kappa shape index (κ1) is 70.7. The summed E-state index contributed by atoms with van der Waals surface area (Å²) in [5, 5.41) is 38.7. The number of hydrogen-bond acceptors (Lipinski definition) is 6. The van der Waals surface area contributed by atoms with Crippen LogP contribution in [0.1, 0.15) is 153 Å². The molecule has 0 bridgehead atoms. The molecular formula is C75H70Cl5N3O9. The molecule has 0 spiro atoms. The minimum Gasteiger partial charge on any atom is -0.478 e. The molecule has 9 rings (SSSR count). The van der Waals surface area contributed by atoms with Crippen molar-refractivity contribution in [3.8, 4) is 0 Å². The first-order valence-electron chi connectivity index (χ1n) is 30.2. The third kappa shape index (κ3) is 22.0. The lowest BCUT2D eigenvalue weighted by Crippen LogP contribution is -2.14. The summed E-state index contributed by atoms with van der Waals surface area (Å²) in [6.45, 7) is 0. The second kappa shape index (κ2) is 36.9. The molecule has 12 nitrogen and oxygen atoms in total. The lowest BCUT2D eigenvalue weighted by Gasteiger charge is -2.13. The number of rotatable bonds is 27. The fourth-order valence-corrected chi connectivity index (χ4v) is 11.4. The number of para-hydroxylation sites is 3. The highest BCUT2D eigenvalue weighted by molar-refractivity contribution is 6.42. The van der Waals surface area contributed by atoms with E-state index in [9.17, 15) is 44.1 Å². The molecule has 3 amide bonds. The summed E-state index contributed by atoms with van der Waals surface area (Å²) in [5.74, 6) is -3.40. The number of benzene rings is 9. The second-order valence-corrected chi connectivity index (χ2v) is 23.7. The van der Waals surface area contributed by atoms with Gasteiger partial charge in [0, 0.05) is 33.2 Å². The Bertz CT molecular complexity index is 3970. The van der Waals surface area contributed by atoms with Gasteiger partial charge in [0.25, 0.3) is 17.7 Å². The molecule has 0 aliphatic rings. The Morgan fingerprint density at radius 1 is 0.283 bits per heavy atom. The molecule has 0 unspecified atom stereocenters. The van der Waals surface area contributed by atoms with Crippen LogP contribution in [-0.4, -0.2) is 50.9 Å². The molecule has 0 atom stereocenters. The molecular weight excluding hydrogens is 1260 g/mol. The number of anilines is 3. The molecule has 17 heteroatoms. The van der Waals surface area contributed by atoms with Gasteiger partial charge in [-0.05, 0) is 201 Å². The van der Waals surface area contributed by atoms with Crippen LogP contribution in [0, 0.1) is 0 Å². The predicted molar refractivity (Wildman–Crippen MR) is 372 cm³/mol. The summed E-state index contributed by atoms with van der Waals surface area (Å²) in [7, 11) is 0. The third-order valence-electron chi connectivity index (χ3n) is 15.2. The zero-order valence-electron chi connectivity index (χ0n) is 50.4. The number of halogens is 5. The summed E-state index contributed by atoms with van der Waals surface area (Å²) in [5.41, 5.74) is 10.5. The molecule has 0 saturated carbocycles. The molecule has 0 heterocycles. The van der Waals surface area contributed by atoms with Gasteiger partial charge in [0.05, 0.1) is 42.3 Å². The Hall–Kier alpha value is -8.75. The predicted octanol–water partition coefficient (Wildman–Crippen LogP) is 20.0. The maximum absolute atomic E-state index is 12.7. The van der Waals surface area contributed by atoms with Gasteiger partial charge in [0.15, 0.2) is 0 Å². The number of amides is 3. The van der Waals surface area contributed by atoms with E-state index in [4.69, 9.17) is 58.0 Å². The quantitative estimate of drug-likeness (QED) is 0.0271. The SMILES string of the molecule is O=C(Nc1ccccc1CCCCCc1ccccc1C(=O)O)c1ccc(Cl)c(Cl)c1.O=C(Nc1ccccc1CCCCCc1ccccc1C(=O)O)c1ccc(Cl)cc1.O=C(O)c1ccccc1CCCCCc1ccccc1NC(=O)c1c(Cl)cccc1Cl. The Morgan fingerprint density at radius 2 is 0.587 bits per heavy atom. The number of nitrogens with one attached hydrogen (secondary N) is 3. The number of carbonyl (C=O) groups is 6. The van der Waals surface area contributed by atoms with Gasteiger partial charge in [0.1, 0.15) is 0 Å². The molecule has 9 aromatic rings. The van der Waals surface area contributed by atoms with E-state index in [1.807, 2.05) is 109 Å². The number of carboxylic acids is 3. The molecule has 0 saturated heterocycles. The van der Waals surface area contributed by atoms with E-state index in [1.54, 1.807) is 97.1 Å². The molecule has 474 valence electrons. The number of carbonyl (C=O) groups excluding carboxylic acids is 3. The lowest BCUT2D eigenvalue weighted by molar-refractivity contribution is 0.0684. The average Bonchev–Trinajstić information content (AvgIpc) is 1.04. The molecule has 0 fully saturated rings. The van der Waals surface area contributed by atoms with Crippen LogP contribution in [0.25, 0.3) is 0 Å². The Labute approximate surface area is 561 Å². The van der Waals surface area contributed by atoms with E-state index in [1.165, 1.54) is 0 Å². The standard InChI is InChI=1S/2C25H23Cl2NO3.C25H24ClNO3/c26-20-14-8-15-21(27)23(20)24(29)28-22-16-7-5-12-18(22)11-3-1-2-9-17-10-4-6-13-19(17)25(30)31;26-21-15-14-19(16-22(21)27)24(29)28-23-13-7-5-11-18(23)10-3-1-2-8-17-9-4-6-12-20(17)25(30)31;26-21-16-14-20(15-17-21)24(28)27-23-13-7-5-11-19(23)10-3-1-2-8-18-9-4-6-12-22(18)25(29)30/h4-8,10,12-16H,1-3,9,11H2,(H,28,29)(H,30,31);4-7,9,11-16H,1-3,8,10H2,(H,28,29)(H,30,31);4-7,9,11-17H,1-3,8,10H2,(H,27,28)(H,29,30). The Kier molecular flexibility index (Phi) is 28.4. The van der Waals surface area contributed by atoms with Crippen molar-refractivity contribution in [2.45, 2.75) is 96.3 Å². The van der Waals surface area contributed by atoms with Crippen molar-refractivity contribution < 1.29 is 44.1 Å². The first-order valence-corrected chi connectivity index (χ1v) is 32.1. The van der Waals surface area contributed by atoms with Gasteiger partial charge >= 0.3 is 17.9 Å². The zero-order chi connectivity index (χ0) is 65.8. The van der Waals surface area contributed by atoms with Crippen molar-refractivity contribution in [3.05, 3.63) is 298 Å². The van der Waals surface area contributed by atoms with Gasteiger partial charge in [-0.2, -0.15) is 0 Å². The van der Waals surface area contributed by atoms with E-state index >= 15 is 0 Å². The summed E-state index contributed by atoms with van der Waals surface area (Å²) in [6, 6.07) is 61.2. The van der Waals surface area contributed by atoms with Crippen LogP contribution >= 0.6 is 58.0 Å². The topological polar surface area (TPSA) is 199 Å². The molecule has 0 aliphatic carbocycles. The highest BCUT2D eigenvalue weighted by atomic mass is 35.5. The highest BCUT2D eigenvalue weighted by Gasteiger charge is 2.18. The number of aryl methyl sites for hydroxylation is 6. The smallest absolute Gasteiger partial charge is 0.335 e. The van der Waals surface area contributed by atoms with E-state index < -0.39 is 17.9 Å². The Balaban J connectivity index is 0.000000196. The van der Waals surface area contributed by atoms with Gasteiger partial charge in [0.2, 0.25) is 0 Å². The van der Waals surface area contributed by atoms with Crippen LogP contribution < -0.4 is 16.0 Å². The van der Waals surface area contributed by atoms with Crippen LogP contribution in [0.4, 0.5) is 17.1 Å². The molecule has 0 radical (unpaired) electrons. The maximum atomic E-state index is 12.7. The van der Waals surface area contributed by atoms with Crippen LogP contribution in [0.3, 0.4) is 0 Å². The van der Waals surface area contributed by atoms with Crippen molar-refractivity contribution >= 4 is 111 Å². The van der Waals surface area contributed by atoms with Crippen molar-refractivity contribution in [3.63, 3.8) is 0 Å². The molecule has 0 aliphatic heterocycles. The first-order chi connectivity index (χ1) is 44.5. The lowest BCUT2D eigenvalue weighted by atomic mass is 9.99. The van der Waals surface area contributed by atoms with Crippen LogP contribution in [0.15, 0.2) is 206 Å². The maximum Gasteiger partial charge on any atom is 0.335 e. The summed E-state index contributed by atoms with van der Waals surface area (Å²) in [4.78, 5) is 71.7. The van der Waals surface area contributed by atoms with Crippen LogP contribution in [-0.2, 0) is 38.5 Å². The fraction of sp³-hybridized carbons (Fsp3) is 0.200. The van der Waals surface area contributed by atoms with Gasteiger partial charge in [-0.3, -0.25) is 14.4 Å². The number of hydrogen-bond donors (Lipinski definition) is 6. The minimum atomic E-state index is -0.890. The monoisotopic (exact) mass is 1330 g/mol. The van der Waals surface area contributed by atoms with E-state index in [0.717, 1.165) is 147 Å². The van der Waals surface area contributed by atoms with Gasteiger partial charge in [-0.1, -0.05) is 193 Å². The van der Waals surface area contributed by atoms with Gasteiger partial charge in [-0.15, -0.1) is 0 Å². The van der Waals surface area contributed by atoms with Crippen LogP contribution in [0.5, 0.6) is 0 Å². The van der Waals surface area contributed by atoms with E-state index in [0.29, 0.717) is 52.9 Å².